The zero-order valence-electron chi connectivity index (χ0n) is 11.3. The number of morpholine rings is 1. The van der Waals surface area contributed by atoms with Crippen molar-refractivity contribution < 1.29 is 4.74 Å². The number of nitrogens with one attached hydrogen (secondary N) is 1. The van der Waals surface area contributed by atoms with Gasteiger partial charge in [0.05, 0.1) is 12.7 Å². The van der Waals surface area contributed by atoms with E-state index in [4.69, 9.17) is 4.74 Å². The number of ether oxygens (including phenoxy) is 1. The van der Waals surface area contributed by atoms with Crippen LogP contribution in [0.15, 0.2) is 0 Å². The summed E-state index contributed by atoms with van der Waals surface area (Å²) < 4.78 is 5.72. The van der Waals surface area contributed by atoms with Crippen molar-refractivity contribution >= 4 is 0 Å². The van der Waals surface area contributed by atoms with Crippen molar-refractivity contribution in [3.05, 3.63) is 0 Å². The van der Waals surface area contributed by atoms with Gasteiger partial charge < -0.3 is 10.1 Å². The Morgan fingerprint density at radius 3 is 2.69 bits per heavy atom. The molecule has 96 valence electrons. The summed E-state index contributed by atoms with van der Waals surface area (Å²) >= 11 is 0. The fraction of sp³-hybridized carbons (Fsp3) is 1.00. The second kappa shape index (κ2) is 7.25. The highest BCUT2D eigenvalue weighted by molar-refractivity contribution is 4.77. The minimum Gasteiger partial charge on any atom is -0.374 e. The Hall–Kier alpha value is -0.120. The minimum atomic E-state index is 0.375. The van der Waals surface area contributed by atoms with Gasteiger partial charge in [-0.1, -0.05) is 13.8 Å². The second-order valence-electron chi connectivity index (χ2n) is 5.37. The Morgan fingerprint density at radius 2 is 2.06 bits per heavy atom. The second-order valence-corrected chi connectivity index (χ2v) is 5.37. The van der Waals surface area contributed by atoms with Crippen LogP contribution in [0.25, 0.3) is 0 Å². The van der Waals surface area contributed by atoms with Crippen LogP contribution in [0.3, 0.4) is 0 Å². The predicted octanol–water partition coefficient (Wildman–Crippen LogP) is 1.73. The van der Waals surface area contributed by atoms with E-state index in [-0.39, 0.29) is 0 Å². The topological polar surface area (TPSA) is 24.5 Å². The average Bonchev–Trinajstić information content (AvgIpc) is 2.26. The molecule has 0 aromatic rings. The van der Waals surface area contributed by atoms with E-state index < -0.39 is 0 Å². The number of hydrogen-bond donors (Lipinski definition) is 1. The lowest BCUT2D eigenvalue weighted by molar-refractivity contribution is -0.0403. The molecule has 0 spiro atoms. The molecule has 0 saturated carbocycles. The van der Waals surface area contributed by atoms with Gasteiger partial charge in [0.1, 0.15) is 0 Å². The summed E-state index contributed by atoms with van der Waals surface area (Å²) in [6.45, 7) is 11.0. The molecule has 0 aromatic carbocycles. The third-order valence-corrected chi connectivity index (χ3v) is 3.39. The van der Waals surface area contributed by atoms with E-state index >= 15 is 0 Å². The van der Waals surface area contributed by atoms with Crippen LogP contribution in [0.5, 0.6) is 0 Å². The molecule has 1 saturated heterocycles. The highest BCUT2D eigenvalue weighted by Crippen LogP contribution is 2.15. The number of hydrogen-bond acceptors (Lipinski definition) is 3. The molecule has 1 aliphatic heterocycles. The van der Waals surface area contributed by atoms with Crippen LogP contribution in [-0.4, -0.2) is 50.3 Å². The van der Waals surface area contributed by atoms with Crippen LogP contribution in [0.2, 0.25) is 0 Å². The van der Waals surface area contributed by atoms with Gasteiger partial charge in [-0.3, -0.25) is 4.90 Å². The molecule has 3 nitrogen and oxygen atoms in total. The highest BCUT2D eigenvalue weighted by Gasteiger charge is 2.23. The van der Waals surface area contributed by atoms with Gasteiger partial charge in [0.15, 0.2) is 0 Å². The summed E-state index contributed by atoms with van der Waals surface area (Å²) in [4.78, 5) is 2.58. The molecule has 3 heteroatoms. The van der Waals surface area contributed by atoms with Gasteiger partial charge in [-0.25, -0.2) is 0 Å². The molecule has 0 amide bonds. The molecule has 1 N–H and O–H groups in total. The van der Waals surface area contributed by atoms with Crippen LogP contribution in [0, 0.1) is 5.92 Å². The fourth-order valence-electron chi connectivity index (χ4n) is 2.25. The lowest BCUT2D eigenvalue weighted by atomic mass is 10.0. The molecular formula is C13H28N2O. The smallest absolute Gasteiger partial charge is 0.0826 e. The molecule has 2 unspecified atom stereocenters. The molecule has 0 radical (unpaired) electrons. The largest absolute Gasteiger partial charge is 0.374 e. The van der Waals surface area contributed by atoms with Gasteiger partial charge in [0.2, 0.25) is 0 Å². The first-order valence-electron chi connectivity index (χ1n) is 6.63. The molecule has 2 atom stereocenters. The number of rotatable bonds is 6. The SMILES string of the molecule is CNCC1CN(C(C)CCC(C)C)CCO1. The fourth-order valence-corrected chi connectivity index (χ4v) is 2.25. The standard InChI is InChI=1S/C13H28N2O/c1-11(2)5-6-12(3)15-7-8-16-13(10-15)9-14-4/h11-14H,5-10H2,1-4H3. The van der Waals surface area contributed by atoms with E-state index in [1.807, 2.05) is 7.05 Å². The molecule has 1 fully saturated rings. The zero-order chi connectivity index (χ0) is 12.0. The summed E-state index contributed by atoms with van der Waals surface area (Å²) in [5.41, 5.74) is 0. The monoisotopic (exact) mass is 228 g/mol. The van der Waals surface area contributed by atoms with E-state index in [1.165, 1.54) is 12.8 Å². The minimum absolute atomic E-state index is 0.375. The van der Waals surface area contributed by atoms with Gasteiger partial charge >= 0.3 is 0 Å². The normalized spacial score (nSPS) is 24.9. The third-order valence-electron chi connectivity index (χ3n) is 3.39. The first kappa shape index (κ1) is 13.9. The van der Waals surface area contributed by atoms with Gasteiger partial charge in [-0.05, 0) is 32.7 Å². The lowest BCUT2D eigenvalue weighted by Crippen LogP contribution is -2.49. The van der Waals surface area contributed by atoms with E-state index in [1.54, 1.807) is 0 Å². The maximum atomic E-state index is 5.72. The van der Waals surface area contributed by atoms with Crippen molar-refractivity contribution in [2.45, 2.75) is 45.8 Å². The Bertz CT molecular complexity index is 183. The van der Waals surface area contributed by atoms with E-state index in [2.05, 4.69) is 31.0 Å². The first-order chi connectivity index (χ1) is 7.63. The Morgan fingerprint density at radius 1 is 1.31 bits per heavy atom. The van der Waals surface area contributed by atoms with Crippen LogP contribution >= 0.6 is 0 Å². The Kier molecular flexibility index (Phi) is 6.32. The van der Waals surface area contributed by atoms with Crippen molar-refractivity contribution in [1.82, 2.24) is 10.2 Å². The summed E-state index contributed by atoms with van der Waals surface area (Å²) in [5, 5.41) is 3.20. The molecule has 0 bridgehead atoms. The van der Waals surface area contributed by atoms with Crippen molar-refractivity contribution in [2.75, 3.05) is 33.3 Å². The van der Waals surface area contributed by atoms with Gasteiger partial charge in [-0.15, -0.1) is 0 Å². The maximum Gasteiger partial charge on any atom is 0.0826 e. The van der Waals surface area contributed by atoms with Crippen LogP contribution in [0.1, 0.15) is 33.6 Å². The van der Waals surface area contributed by atoms with Crippen molar-refractivity contribution in [2.24, 2.45) is 5.92 Å². The zero-order valence-corrected chi connectivity index (χ0v) is 11.3. The van der Waals surface area contributed by atoms with Crippen molar-refractivity contribution in [3.8, 4) is 0 Å². The average molecular weight is 228 g/mol. The Labute approximate surface area is 101 Å². The van der Waals surface area contributed by atoms with Crippen LogP contribution < -0.4 is 5.32 Å². The molecule has 1 rings (SSSR count). The summed E-state index contributed by atoms with van der Waals surface area (Å²) in [5.74, 6) is 0.816. The van der Waals surface area contributed by atoms with Gasteiger partial charge in [0, 0.05) is 25.7 Å². The highest BCUT2D eigenvalue weighted by atomic mass is 16.5. The first-order valence-corrected chi connectivity index (χ1v) is 6.63. The van der Waals surface area contributed by atoms with Crippen LogP contribution in [-0.2, 0) is 4.74 Å². The molecule has 1 aliphatic rings. The van der Waals surface area contributed by atoms with Gasteiger partial charge in [0.25, 0.3) is 0 Å². The number of nitrogens with zero attached hydrogens (tertiary/aromatic N) is 1. The summed E-state index contributed by atoms with van der Waals surface area (Å²) in [6.07, 6.45) is 3.01. The van der Waals surface area contributed by atoms with Crippen LogP contribution in [0.4, 0.5) is 0 Å². The van der Waals surface area contributed by atoms with E-state index in [0.29, 0.717) is 12.1 Å². The summed E-state index contributed by atoms with van der Waals surface area (Å²) in [6, 6.07) is 0.700. The lowest BCUT2D eigenvalue weighted by Gasteiger charge is -2.37. The number of likely N-dealkylation sites (N-methyl/N-ethyl adjacent to an activating group) is 1. The van der Waals surface area contributed by atoms with Crippen molar-refractivity contribution in [3.63, 3.8) is 0 Å². The summed E-state index contributed by atoms with van der Waals surface area (Å²) in [7, 11) is 1.99. The van der Waals surface area contributed by atoms with E-state index in [9.17, 15) is 0 Å². The molecule has 1 heterocycles. The molecule has 0 aliphatic carbocycles. The van der Waals surface area contributed by atoms with Crippen molar-refractivity contribution in [1.29, 1.82) is 0 Å². The predicted molar refractivity (Wildman–Crippen MR) is 68.8 cm³/mol. The van der Waals surface area contributed by atoms with Gasteiger partial charge in [-0.2, -0.15) is 0 Å². The quantitative estimate of drug-likeness (QED) is 0.749. The van der Waals surface area contributed by atoms with E-state index in [0.717, 1.165) is 32.2 Å². The maximum absolute atomic E-state index is 5.72. The molecule has 0 aromatic heterocycles. The molecular weight excluding hydrogens is 200 g/mol. The molecule has 16 heavy (non-hydrogen) atoms. The Balaban J connectivity index is 2.28. The third kappa shape index (κ3) is 4.81.